The van der Waals surface area contributed by atoms with Gasteiger partial charge < -0.3 is 9.64 Å². The van der Waals surface area contributed by atoms with Gasteiger partial charge in [0.2, 0.25) is 0 Å². The van der Waals surface area contributed by atoms with Crippen LogP contribution in [-0.4, -0.2) is 23.8 Å². The molecule has 3 heterocycles. The summed E-state index contributed by atoms with van der Waals surface area (Å²) in [6.45, 7) is 2.48. The summed E-state index contributed by atoms with van der Waals surface area (Å²) in [5, 5.41) is 0. The van der Waals surface area contributed by atoms with Gasteiger partial charge in [-0.2, -0.15) is 0 Å². The molecule has 0 bridgehead atoms. The van der Waals surface area contributed by atoms with Gasteiger partial charge in [-0.3, -0.25) is 9.97 Å². The molecule has 1 aromatic carbocycles. The maximum atomic E-state index is 13.5. The van der Waals surface area contributed by atoms with Crippen LogP contribution in [0.4, 0.5) is 10.1 Å². The van der Waals surface area contributed by atoms with Crippen LogP contribution in [0.1, 0.15) is 34.3 Å². The zero-order chi connectivity index (χ0) is 18.1. The third-order valence-electron chi connectivity index (χ3n) is 4.83. The summed E-state index contributed by atoms with van der Waals surface area (Å²) in [6.07, 6.45) is 5.47. The topological polar surface area (TPSA) is 38.2 Å². The molecule has 2 aromatic heterocycles. The Morgan fingerprint density at radius 1 is 1.08 bits per heavy atom. The Balaban J connectivity index is 1.91. The van der Waals surface area contributed by atoms with Gasteiger partial charge in [0.25, 0.3) is 0 Å². The van der Waals surface area contributed by atoms with E-state index in [4.69, 9.17) is 9.72 Å². The number of nitrogens with zero attached hydrogens (tertiary/aromatic N) is 3. The van der Waals surface area contributed by atoms with Gasteiger partial charge in [-0.05, 0) is 53.9 Å². The van der Waals surface area contributed by atoms with Gasteiger partial charge in [0.15, 0.2) is 0 Å². The fourth-order valence-electron chi connectivity index (χ4n) is 3.75. The Morgan fingerprint density at radius 3 is 2.50 bits per heavy atom. The molecule has 0 fully saturated rings. The van der Waals surface area contributed by atoms with Gasteiger partial charge in [-0.15, -0.1) is 0 Å². The minimum Gasteiger partial charge on any atom is -0.364 e. The van der Waals surface area contributed by atoms with Crippen LogP contribution < -0.4 is 4.90 Å². The van der Waals surface area contributed by atoms with E-state index in [1.54, 1.807) is 19.5 Å². The first-order valence-electron chi connectivity index (χ1n) is 8.56. The number of halogens is 1. The zero-order valence-electron chi connectivity index (χ0n) is 14.8. The Labute approximate surface area is 152 Å². The number of benzene rings is 1. The van der Waals surface area contributed by atoms with Crippen molar-refractivity contribution in [1.29, 1.82) is 0 Å². The molecule has 3 aromatic rings. The second-order valence-electron chi connectivity index (χ2n) is 6.56. The monoisotopic (exact) mass is 349 g/mol. The summed E-state index contributed by atoms with van der Waals surface area (Å²) in [5.41, 5.74) is 5.30. The number of hydrogen-bond donors (Lipinski definition) is 0. The molecule has 0 spiro atoms. The fraction of sp³-hybridized carbons (Fsp3) is 0.238. The highest BCUT2D eigenvalue weighted by Crippen LogP contribution is 2.51. The molecule has 0 aliphatic carbocycles. The molecule has 132 valence electrons. The lowest BCUT2D eigenvalue weighted by Gasteiger charge is -2.30. The number of aryl methyl sites for hydroxylation is 1. The zero-order valence-corrected chi connectivity index (χ0v) is 14.8. The van der Waals surface area contributed by atoms with E-state index in [0.29, 0.717) is 6.73 Å². The summed E-state index contributed by atoms with van der Waals surface area (Å²) in [4.78, 5) is 11.1. The standard InChI is InChI=1S/C21H20FN3O/c1-14-11-18-20(24-12-14)19(15-3-5-17(22)6-4-15)21(25(18)13-26-2)16-7-9-23-10-8-16/h3-12,19,21H,13H2,1-2H3. The van der Waals surface area contributed by atoms with Crippen molar-refractivity contribution in [3.05, 3.63) is 89.3 Å². The van der Waals surface area contributed by atoms with Crippen molar-refractivity contribution in [2.45, 2.75) is 18.9 Å². The summed E-state index contributed by atoms with van der Waals surface area (Å²) < 4.78 is 19.0. The fourth-order valence-corrected chi connectivity index (χ4v) is 3.75. The first kappa shape index (κ1) is 16.7. The molecular formula is C21H20FN3O. The molecule has 4 nitrogen and oxygen atoms in total. The molecule has 0 amide bonds. The normalized spacial score (nSPS) is 18.8. The number of hydrogen-bond acceptors (Lipinski definition) is 4. The minimum absolute atomic E-state index is 0.00714. The van der Waals surface area contributed by atoms with E-state index in [-0.39, 0.29) is 17.8 Å². The Morgan fingerprint density at radius 2 is 1.81 bits per heavy atom. The quantitative estimate of drug-likeness (QED) is 0.707. The molecule has 0 N–H and O–H groups in total. The average Bonchev–Trinajstić information content (AvgIpc) is 2.97. The molecule has 5 heteroatoms. The predicted octanol–water partition coefficient (Wildman–Crippen LogP) is 4.22. The largest absolute Gasteiger partial charge is 0.364 e. The lowest BCUT2D eigenvalue weighted by molar-refractivity contribution is 0.190. The van der Waals surface area contributed by atoms with Crippen LogP contribution in [0.5, 0.6) is 0 Å². The Kier molecular flexibility index (Phi) is 4.39. The molecule has 0 saturated heterocycles. The molecule has 4 rings (SSSR count). The van der Waals surface area contributed by atoms with Gasteiger partial charge >= 0.3 is 0 Å². The van der Waals surface area contributed by atoms with Crippen LogP contribution in [0.15, 0.2) is 61.1 Å². The maximum absolute atomic E-state index is 13.5. The van der Waals surface area contributed by atoms with Crippen molar-refractivity contribution < 1.29 is 9.13 Å². The third kappa shape index (κ3) is 2.84. The van der Waals surface area contributed by atoms with Crippen LogP contribution in [0.2, 0.25) is 0 Å². The predicted molar refractivity (Wildman–Crippen MR) is 98.6 cm³/mol. The second-order valence-corrected chi connectivity index (χ2v) is 6.56. The van der Waals surface area contributed by atoms with Crippen LogP contribution >= 0.6 is 0 Å². The molecular weight excluding hydrogens is 329 g/mol. The van der Waals surface area contributed by atoms with Crippen LogP contribution in [0.3, 0.4) is 0 Å². The number of methoxy groups -OCH3 is 1. The maximum Gasteiger partial charge on any atom is 0.123 e. The van der Waals surface area contributed by atoms with Gasteiger partial charge in [0.1, 0.15) is 12.5 Å². The van der Waals surface area contributed by atoms with Crippen molar-refractivity contribution in [2.24, 2.45) is 0 Å². The van der Waals surface area contributed by atoms with E-state index in [1.807, 2.05) is 37.4 Å². The van der Waals surface area contributed by atoms with Crippen molar-refractivity contribution in [1.82, 2.24) is 9.97 Å². The average molecular weight is 349 g/mol. The number of pyridine rings is 2. The highest BCUT2D eigenvalue weighted by Gasteiger charge is 2.41. The van der Waals surface area contributed by atoms with E-state index >= 15 is 0 Å². The van der Waals surface area contributed by atoms with Crippen molar-refractivity contribution in [2.75, 3.05) is 18.7 Å². The molecule has 2 atom stereocenters. The van der Waals surface area contributed by atoms with Gasteiger partial charge in [0.05, 0.1) is 23.3 Å². The Hall–Kier alpha value is -2.79. The number of ether oxygens (including phenoxy) is 1. The van der Waals surface area contributed by atoms with E-state index in [2.05, 4.69) is 16.0 Å². The summed E-state index contributed by atoms with van der Waals surface area (Å²) in [6, 6.07) is 12.9. The first-order valence-corrected chi connectivity index (χ1v) is 8.56. The van der Waals surface area contributed by atoms with Crippen molar-refractivity contribution in [3.8, 4) is 0 Å². The highest BCUT2D eigenvalue weighted by molar-refractivity contribution is 5.64. The van der Waals surface area contributed by atoms with Crippen molar-refractivity contribution in [3.63, 3.8) is 0 Å². The Bertz CT molecular complexity index is 899. The third-order valence-corrected chi connectivity index (χ3v) is 4.83. The molecule has 2 unspecified atom stereocenters. The van der Waals surface area contributed by atoms with E-state index in [1.165, 1.54) is 12.1 Å². The summed E-state index contributed by atoms with van der Waals surface area (Å²) in [7, 11) is 1.69. The SMILES string of the molecule is COCN1c2cc(C)cnc2C(c2ccc(F)cc2)C1c1ccncc1. The van der Waals surface area contributed by atoms with E-state index < -0.39 is 0 Å². The lowest BCUT2D eigenvalue weighted by atomic mass is 9.87. The molecule has 26 heavy (non-hydrogen) atoms. The van der Waals surface area contributed by atoms with Gasteiger partial charge in [-0.1, -0.05) is 12.1 Å². The van der Waals surface area contributed by atoms with Crippen LogP contribution in [0, 0.1) is 12.7 Å². The smallest absolute Gasteiger partial charge is 0.123 e. The minimum atomic E-state index is -0.238. The van der Waals surface area contributed by atoms with Crippen molar-refractivity contribution >= 4 is 5.69 Å². The molecule has 1 aliphatic heterocycles. The second kappa shape index (κ2) is 6.84. The number of aromatic nitrogens is 2. The molecule has 1 aliphatic rings. The lowest BCUT2D eigenvalue weighted by Crippen LogP contribution is -2.29. The van der Waals surface area contributed by atoms with Crippen LogP contribution in [0.25, 0.3) is 0 Å². The van der Waals surface area contributed by atoms with E-state index in [9.17, 15) is 4.39 Å². The molecule has 0 saturated carbocycles. The first-order chi connectivity index (χ1) is 12.7. The molecule has 0 radical (unpaired) electrons. The van der Waals surface area contributed by atoms with Gasteiger partial charge in [0, 0.05) is 25.7 Å². The van der Waals surface area contributed by atoms with Crippen LogP contribution in [-0.2, 0) is 4.74 Å². The number of rotatable bonds is 4. The summed E-state index contributed by atoms with van der Waals surface area (Å²) >= 11 is 0. The van der Waals surface area contributed by atoms with Gasteiger partial charge in [-0.25, -0.2) is 4.39 Å². The van der Waals surface area contributed by atoms with E-state index in [0.717, 1.165) is 28.1 Å². The number of fused-ring (bicyclic) bond motifs is 1. The summed E-state index contributed by atoms with van der Waals surface area (Å²) in [5.74, 6) is -0.248. The highest BCUT2D eigenvalue weighted by atomic mass is 19.1. The number of anilines is 1.